The first-order valence-electron chi connectivity index (χ1n) is 8.09. The van der Waals surface area contributed by atoms with E-state index in [-0.39, 0.29) is 18.4 Å². The Hall–Kier alpha value is -3.19. The van der Waals surface area contributed by atoms with Crippen LogP contribution in [0.15, 0.2) is 54.7 Å². The number of rotatable bonds is 4. The SMILES string of the molecule is CN(CC(=O)Nc1nc2ccccc2s1)C(=O)c1c[nH]c2ccccc12. The van der Waals surface area contributed by atoms with E-state index in [0.29, 0.717) is 10.7 Å². The molecule has 0 atom stereocenters. The first-order valence-corrected chi connectivity index (χ1v) is 8.90. The third kappa shape index (κ3) is 3.04. The van der Waals surface area contributed by atoms with E-state index >= 15 is 0 Å². The molecule has 4 aromatic rings. The van der Waals surface area contributed by atoms with Crippen molar-refractivity contribution in [2.45, 2.75) is 0 Å². The summed E-state index contributed by atoms with van der Waals surface area (Å²) in [5.74, 6) is -0.485. The molecule has 0 radical (unpaired) electrons. The van der Waals surface area contributed by atoms with Gasteiger partial charge < -0.3 is 15.2 Å². The van der Waals surface area contributed by atoms with Crippen molar-refractivity contribution in [3.63, 3.8) is 0 Å². The number of nitrogens with one attached hydrogen (secondary N) is 2. The van der Waals surface area contributed by atoms with E-state index in [4.69, 9.17) is 0 Å². The molecule has 0 aliphatic heterocycles. The number of likely N-dealkylation sites (N-methyl/N-ethyl adjacent to an activating group) is 1. The molecular formula is C19H16N4O2S. The van der Waals surface area contributed by atoms with Gasteiger partial charge in [-0.25, -0.2) is 4.98 Å². The van der Waals surface area contributed by atoms with Crippen molar-refractivity contribution in [1.82, 2.24) is 14.9 Å². The van der Waals surface area contributed by atoms with Crippen LogP contribution >= 0.6 is 11.3 Å². The van der Waals surface area contributed by atoms with Crippen LogP contribution in [-0.4, -0.2) is 40.3 Å². The standard InChI is InChI=1S/C19H16N4O2S/c1-23(18(25)13-10-20-14-7-3-2-6-12(13)14)11-17(24)22-19-21-15-8-4-5-9-16(15)26-19/h2-10,20H,11H2,1H3,(H,21,22,24). The van der Waals surface area contributed by atoms with Gasteiger partial charge in [0.25, 0.3) is 5.91 Å². The Morgan fingerprint density at radius 2 is 1.92 bits per heavy atom. The molecule has 0 bridgehead atoms. The molecular weight excluding hydrogens is 348 g/mol. The molecule has 0 saturated carbocycles. The zero-order valence-electron chi connectivity index (χ0n) is 14.0. The van der Waals surface area contributed by atoms with Crippen LogP contribution in [0.1, 0.15) is 10.4 Å². The molecule has 0 aliphatic rings. The lowest BCUT2D eigenvalue weighted by Crippen LogP contribution is -2.34. The summed E-state index contributed by atoms with van der Waals surface area (Å²) in [4.78, 5) is 33.8. The molecule has 0 aliphatic carbocycles. The van der Waals surface area contributed by atoms with Gasteiger partial charge in [0.2, 0.25) is 5.91 Å². The summed E-state index contributed by atoms with van der Waals surface area (Å²) in [5.41, 5.74) is 2.29. The van der Waals surface area contributed by atoms with E-state index in [9.17, 15) is 9.59 Å². The minimum atomic E-state index is -0.278. The van der Waals surface area contributed by atoms with Gasteiger partial charge in [-0.3, -0.25) is 9.59 Å². The Morgan fingerprint density at radius 1 is 1.15 bits per heavy atom. The molecule has 0 spiro atoms. The summed E-state index contributed by atoms with van der Waals surface area (Å²) in [6, 6.07) is 15.3. The number of benzene rings is 2. The number of carbonyl (C=O) groups is 2. The number of fused-ring (bicyclic) bond motifs is 2. The average molecular weight is 364 g/mol. The minimum absolute atomic E-state index is 0.0474. The highest BCUT2D eigenvalue weighted by Gasteiger charge is 2.19. The number of hydrogen-bond acceptors (Lipinski definition) is 4. The first-order chi connectivity index (χ1) is 12.6. The maximum Gasteiger partial charge on any atom is 0.256 e. The van der Waals surface area contributed by atoms with Crippen LogP contribution in [0, 0.1) is 0 Å². The van der Waals surface area contributed by atoms with Crippen molar-refractivity contribution in [2.75, 3.05) is 18.9 Å². The van der Waals surface area contributed by atoms with Crippen LogP contribution in [0.4, 0.5) is 5.13 Å². The smallest absolute Gasteiger partial charge is 0.256 e. The molecule has 2 amide bonds. The molecule has 2 aromatic heterocycles. The van der Waals surface area contributed by atoms with Crippen molar-refractivity contribution in [3.05, 3.63) is 60.3 Å². The lowest BCUT2D eigenvalue weighted by atomic mass is 10.1. The number of H-pyrrole nitrogens is 1. The van der Waals surface area contributed by atoms with Crippen LogP contribution < -0.4 is 5.32 Å². The molecule has 6 nitrogen and oxygen atoms in total. The molecule has 2 aromatic carbocycles. The van der Waals surface area contributed by atoms with Gasteiger partial charge in [0, 0.05) is 24.1 Å². The van der Waals surface area contributed by atoms with Crippen LogP contribution in [0.2, 0.25) is 0 Å². The third-order valence-corrected chi connectivity index (χ3v) is 5.04. The summed E-state index contributed by atoms with van der Waals surface area (Å²) in [7, 11) is 1.61. The van der Waals surface area contributed by atoms with E-state index in [0.717, 1.165) is 21.1 Å². The zero-order valence-corrected chi connectivity index (χ0v) is 14.8. The lowest BCUT2D eigenvalue weighted by molar-refractivity contribution is -0.116. The molecule has 0 unspecified atom stereocenters. The molecule has 0 fully saturated rings. The molecule has 2 heterocycles. The maximum atomic E-state index is 12.7. The van der Waals surface area contributed by atoms with Gasteiger partial charge in [-0.1, -0.05) is 41.7 Å². The number of carbonyl (C=O) groups excluding carboxylic acids is 2. The molecule has 26 heavy (non-hydrogen) atoms. The van der Waals surface area contributed by atoms with Crippen molar-refractivity contribution in [2.24, 2.45) is 0 Å². The van der Waals surface area contributed by atoms with E-state index < -0.39 is 0 Å². The monoisotopic (exact) mass is 364 g/mol. The summed E-state index contributed by atoms with van der Waals surface area (Å²) in [5, 5.41) is 4.14. The van der Waals surface area contributed by atoms with E-state index in [1.54, 1.807) is 13.2 Å². The van der Waals surface area contributed by atoms with Crippen molar-refractivity contribution >= 4 is 49.4 Å². The second-order valence-corrected chi connectivity index (χ2v) is 6.97. The third-order valence-electron chi connectivity index (χ3n) is 4.09. The van der Waals surface area contributed by atoms with Gasteiger partial charge in [0.15, 0.2) is 5.13 Å². The maximum absolute atomic E-state index is 12.7. The summed E-state index contributed by atoms with van der Waals surface area (Å²) < 4.78 is 1.01. The topological polar surface area (TPSA) is 78.1 Å². The predicted octanol–water partition coefficient (Wildman–Crippen LogP) is 3.49. The average Bonchev–Trinajstić information content (AvgIpc) is 3.24. The molecule has 4 rings (SSSR count). The van der Waals surface area contributed by atoms with E-state index in [2.05, 4.69) is 15.3 Å². The highest BCUT2D eigenvalue weighted by molar-refractivity contribution is 7.22. The summed E-state index contributed by atoms with van der Waals surface area (Å²) >= 11 is 1.41. The quantitative estimate of drug-likeness (QED) is 0.582. The van der Waals surface area contributed by atoms with Crippen LogP contribution in [0.5, 0.6) is 0 Å². The minimum Gasteiger partial charge on any atom is -0.360 e. The number of para-hydroxylation sites is 2. The van der Waals surface area contributed by atoms with Gasteiger partial charge in [-0.05, 0) is 18.2 Å². The predicted molar refractivity (Wildman–Crippen MR) is 104 cm³/mol. The zero-order chi connectivity index (χ0) is 18.1. The van der Waals surface area contributed by atoms with Crippen LogP contribution in [-0.2, 0) is 4.79 Å². The van der Waals surface area contributed by atoms with Gasteiger partial charge in [0.1, 0.15) is 0 Å². The number of thiazole rings is 1. The Balaban J connectivity index is 1.45. The van der Waals surface area contributed by atoms with Crippen molar-refractivity contribution < 1.29 is 9.59 Å². The highest BCUT2D eigenvalue weighted by Crippen LogP contribution is 2.25. The van der Waals surface area contributed by atoms with E-state index in [1.165, 1.54) is 16.2 Å². The number of nitrogens with zero attached hydrogens (tertiary/aromatic N) is 2. The molecule has 0 saturated heterocycles. The van der Waals surface area contributed by atoms with Gasteiger partial charge >= 0.3 is 0 Å². The largest absolute Gasteiger partial charge is 0.360 e. The Bertz CT molecular complexity index is 1080. The van der Waals surface area contributed by atoms with Crippen molar-refractivity contribution in [1.29, 1.82) is 0 Å². The Kier molecular flexibility index (Phi) is 4.14. The molecule has 2 N–H and O–H groups in total. The normalized spacial score (nSPS) is 11.0. The number of aromatic nitrogens is 2. The number of amides is 2. The van der Waals surface area contributed by atoms with Crippen LogP contribution in [0.3, 0.4) is 0 Å². The fourth-order valence-electron chi connectivity index (χ4n) is 2.83. The number of aromatic amines is 1. The molecule has 7 heteroatoms. The van der Waals surface area contributed by atoms with E-state index in [1.807, 2.05) is 48.5 Å². The number of hydrogen-bond donors (Lipinski definition) is 2. The Morgan fingerprint density at radius 3 is 2.77 bits per heavy atom. The Labute approximate surface area is 153 Å². The summed E-state index contributed by atoms with van der Waals surface area (Å²) in [6.45, 7) is -0.0474. The fraction of sp³-hybridized carbons (Fsp3) is 0.105. The van der Waals surface area contributed by atoms with Gasteiger partial charge in [0.05, 0.1) is 22.3 Å². The lowest BCUT2D eigenvalue weighted by Gasteiger charge is -2.15. The highest BCUT2D eigenvalue weighted by atomic mass is 32.1. The van der Waals surface area contributed by atoms with Crippen LogP contribution in [0.25, 0.3) is 21.1 Å². The number of anilines is 1. The second kappa shape index (κ2) is 6.61. The first kappa shape index (κ1) is 16.3. The van der Waals surface area contributed by atoms with Gasteiger partial charge in [-0.15, -0.1) is 0 Å². The second-order valence-electron chi connectivity index (χ2n) is 5.94. The summed E-state index contributed by atoms with van der Waals surface area (Å²) in [6.07, 6.45) is 1.68. The van der Waals surface area contributed by atoms with Crippen molar-refractivity contribution in [3.8, 4) is 0 Å². The van der Waals surface area contributed by atoms with Gasteiger partial charge in [-0.2, -0.15) is 0 Å². The molecule has 130 valence electrons. The fourth-order valence-corrected chi connectivity index (χ4v) is 3.71.